The van der Waals surface area contributed by atoms with Crippen LogP contribution in [-0.4, -0.2) is 16.6 Å². The number of amides is 1. The summed E-state index contributed by atoms with van der Waals surface area (Å²) < 4.78 is 13.5. The Bertz CT molecular complexity index is 802. The number of anilines is 1. The SMILES string of the molecule is O=C(CCSCc1csc(-c2cccs2)n1)Nc1ccccc1F. The number of hydrogen-bond donors (Lipinski definition) is 1. The van der Waals surface area contributed by atoms with Gasteiger partial charge in [0.05, 0.1) is 16.3 Å². The third-order valence-corrected chi connectivity index (χ3v) is 6.08. The molecule has 2 aromatic heterocycles. The molecule has 0 atom stereocenters. The molecule has 3 nitrogen and oxygen atoms in total. The first-order valence-corrected chi connectivity index (χ1v) is 10.2. The van der Waals surface area contributed by atoms with Crippen LogP contribution in [0.5, 0.6) is 0 Å². The highest BCUT2D eigenvalue weighted by atomic mass is 32.2. The molecule has 0 spiro atoms. The normalized spacial score (nSPS) is 10.7. The highest BCUT2D eigenvalue weighted by Gasteiger charge is 2.08. The predicted octanol–water partition coefficient (Wildman–Crippen LogP) is 5.27. The fourth-order valence-electron chi connectivity index (χ4n) is 2.00. The maximum Gasteiger partial charge on any atom is 0.225 e. The van der Waals surface area contributed by atoms with Crippen LogP contribution in [-0.2, 0) is 10.5 Å². The van der Waals surface area contributed by atoms with Crippen molar-refractivity contribution in [3.8, 4) is 9.88 Å². The van der Waals surface area contributed by atoms with E-state index in [0.717, 1.165) is 16.5 Å². The summed E-state index contributed by atoms with van der Waals surface area (Å²) in [5, 5.41) is 7.73. The molecule has 1 amide bonds. The lowest BCUT2D eigenvalue weighted by atomic mass is 10.3. The lowest BCUT2D eigenvalue weighted by molar-refractivity contribution is -0.115. The number of aromatic nitrogens is 1. The molecule has 7 heteroatoms. The van der Waals surface area contributed by atoms with Gasteiger partial charge in [-0.05, 0) is 23.6 Å². The summed E-state index contributed by atoms with van der Waals surface area (Å²) in [7, 11) is 0. The van der Waals surface area contributed by atoms with Crippen molar-refractivity contribution in [3.63, 3.8) is 0 Å². The number of thiophene rings is 1. The van der Waals surface area contributed by atoms with Crippen molar-refractivity contribution in [2.45, 2.75) is 12.2 Å². The van der Waals surface area contributed by atoms with Gasteiger partial charge in [0, 0.05) is 23.3 Å². The second-order valence-electron chi connectivity index (χ2n) is 4.95. The summed E-state index contributed by atoms with van der Waals surface area (Å²) >= 11 is 4.97. The molecule has 0 aliphatic heterocycles. The van der Waals surface area contributed by atoms with Gasteiger partial charge < -0.3 is 5.32 Å². The minimum absolute atomic E-state index is 0.176. The first-order valence-electron chi connectivity index (χ1n) is 7.33. The molecule has 0 unspecified atom stereocenters. The van der Waals surface area contributed by atoms with Crippen LogP contribution in [0, 0.1) is 5.82 Å². The molecule has 3 rings (SSSR count). The van der Waals surface area contributed by atoms with Crippen molar-refractivity contribution in [1.29, 1.82) is 0 Å². The van der Waals surface area contributed by atoms with Crippen LogP contribution < -0.4 is 5.32 Å². The van der Waals surface area contributed by atoms with E-state index in [1.54, 1.807) is 52.6 Å². The Labute approximate surface area is 152 Å². The molecule has 0 bridgehead atoms. The average molecular weight is 379 g/mol. The van der Waals surface area contributed by atoms with E-state index in [4.69, 9.17) is 0 Å². The number of nitrogens with one attached hydrogen (secondary N) is 1. The molecular formula is C17H15FN2OS3. The minimum Gasteiger partial charge on any atom is -0.324 e. The number of hydrogen-bond acceptors (Lipinski definition) is 5. The van der Waals surface area contributed by atoms with Crippen molar-refractivity contribution >= 4 is 46.0 Å². The largest absolute Gasteiger partial charge is 0.324 e. The second kappa shape index (κ2) is 8.41. The number of halogens is 1. The van der Waals surface area contributed by atoms with Gasteiger partial charge in [-0.2, -0.15) is 11.8 Å². The third kappa shape index (κ3) is 4.66. The van der Waals surface area contributed by atoms with Crippen LogP contribution in [0.1, 0.15) is 12.1 Å². The second-order valence-corrected chi connectivity index (χ2v) is 7.86. The molecule has 2 heterocycles. The van der Waals surface area contributed by atoms with Gasteiger partial charge in [-0.15, -0.1) is 22.7 Å². The highest BCUT2D eigenvalue weighted by Crippen LogP contribution is 2.29. The van der Waals surface area contributed by atoms with Gasteiger partial charge in [0.1, 0.15) is 10.8 Å². The van der Waals surface area contributed by atoms with E-state index in [-0.39, 0.29) is 11.6 Å². The van der Waals surface area contributed by atoms with E-state index in [2.05, 4.69) is 21.7 Å². The number of carbonyl (C=O) groups is 1. The van der Waals surface area contributed by atoms with Crippen molar-refractivity contribution < 1.29 is 9.18 Å². The molecule has 24 heavy (non-hydrogen) atoms. The van der Waals surface area contributed by atoms with Crippen molar-refractivity contribution in [2.24, 2.45) is 0 Å². The Morgan fingerprint density at radius 1 is 1.21 bits per heavy atom. The standard InChI is InChI=1S/C17H15FN2OS3/c18-13-4-1-2-5-14(13)20-16(21)7-9-22-10-12-11-24-17(19-12)15-6-3-8-23-15/h1-6,8,11H,7,9-10H2,(H,20,21). The van der Waals surface area contributed by atoms with Crippen LogP contribution in [0.25, 0.3) is 9.88 Å². The van der Waals surface area contributed by atoms with E-state index < -0.39 is 5.82 Å². The molecule has 3 aromatic rings. The Morgan fingerprint density at radius 2 is 2.08 bits per heavy atom. The summed E-state index contributed by atoms with van der Waals surface area (Å²) in [6.07, 6.45) is 0.348. The quantitative estimate of drug-likeness (QED) is 0.569. The third-order valence-electron chi connectivity index (χ3n) is 3.16. The zero-order chi connectivity index (χ0) is 16.8. The van der Waals surface area contributed by atoms with Crippen LogP contribution in [0.15, 0.2) is 47.2 Å². The number of benzene rings is 1. The zero-order valence-corrected chi connectivity index (χ0v) is 15.1. The number of para-hydroxylation sites is 1. The Morgan fingerprint density at radius 3 is 2.88 bits per heavy atom. The molecular weight excluding hydrogens is 363 g/mol. The summed E-state index contributed by atoms with van der Waals surface area (Å²) in [6, 6.07) is 10.3. The van der Waals surface area contributed by atoms with E-state index in [1.165, 1.54) is 10.9 Å². The Hall–Kier alpha value is -1.70. The molecule has 0 aliphatic carbocycles. The number of nitrogens with zero attached hydrogens (tertiary/aromatic N) is 1. The van der Waals surface area contributed by atoms with Gasteiger partial charge in [-0.1, -0.05) is 18.2 Å². The van der Waals surface area contributed by atoms with E-state index >= 15 is 0 Å². The number of thioether (sulfide) groups is 1. The Balaban J connectivity index is 1.41. The maximum atomic E-state index is 13.5. The lowest BCUT2D eigenvalue weighted by Gasteiger charge is -2.05. The topological polar surface area (TPSA) is 42.0 Å². The van der Waals surface area contributed by atoms with E-state index in [9.17, 15) is 9.18 Å². The molecule has 0 aliphatic rings. The van der Waals surface area contributed by atoms with Crippen LogP contribution >= 0.6 is 34.4 Å². The first-order chi connectivity index (χ1) is 11.7. The number of rotatable bonds is 7. The fourth-order valence-corrected chi connectivity index (χ4v) is 4.57. The van der Waals surface area contributed by atoms with Gasteiger partial charge in [-0.25, -0.2) is 9.37 Å². The molecule has 1 aromatic carbocycles. The maximum absolute atomic E-state index is 13.5. The van der Waals surface area contributed by atoms with Crippen molar-refractivity contribution in [2.75, 3.05) is 11.1 Å². The average Bonchev–Trinajstić information content (AvgIpc) is 3.25. The van der Waals surface area contributed by atoms with Crippen LogP contribution in [0.3, 0.4) is 0 Å². The summed E-state index contributed by atoms with van der Waals surface area (Å²) in [4.78, 5) is 17.6. The van der Waals surface area contributed by atoms with Gasteiger partial charge >= 0.3 is 0 Å². The van der Waals surface area contributed by atoms with E-state index in [1.807, 2.05) is 11.4 Å². The van der Waals surface area contributed by atoms with Gasteiger partial charge in [0.15, 0.2) is 0 Å². The number of thiazole rings is 1. The molecule has 0 radical (unpaired) electrons. The molecule has 124 valence electrons. The zero-order valence-electron chi connectivity index (χ0n) is 12.7. The molecule has 0 saturated heterocycles. The smallest absolute Gasteiger partial charge is 0.225 e. The first kappa shape index (κ1) is 17.1. The number of carbonyl (C=O) groups excluding carboxylic acids is 1. The molecule has 0 fully saturated rings. The highest BCUT2D eigenvalue weighted by molar-refractivity contribution is 7.98. The fraction of sp³-hybridized carbons (Fsp3) is 0.176. The molecule has 0 saturated carbocycles. The lowest BCUT2D eigenvalue weighted by Crippen LogP contribution is -2.13. The van der Waals surface area contributed by atoms with E-state index in [0.29, 0.717) is 12.2 Å². The summed E-state index contributed by atoms with van der Waals surface area (Å²) in [5.74, 6) is 0.855. The van der Waals surface area contributed by atoms with Gasteiger partial charge in [0.2, 0.25) is 5.91 Å². The monoisotopic (exact) mass is 378 g/mol. The van der Waals surface area contributed by atoms with Gasteiger partial charge in [-0.3, -0.25) is 4.79 Å². The predicted molar refractivity (Wildman–Crippen MR) is 101 cm³/mol. The van der Waals surface area contributed by atoms with Crippen LogP contribution in [0.4, 0.5) is 10.1 Å². The summed E-state index contributed by atoms with van der Waals surface area (Å²) in [6.45, 7) is 0. The van der Waals surface area contributed by atoms with Crippen LogP contribution in [0.2, 0.25) is 0 Å². The minimum atomic E-state index is -0.415. The van der Waals surface area contributed by atoms with Crippen molar-refractivity contribution in [1.82, 2.24) is 4.98 Å². The summed E-state index contributed by atoms with van der Waals surface area (Å²) in [5.41, 5.74) is 1.26. The molecule has 1 N–H and O–H groups in total. The van der Waals surface area contributed by atoms with Gasteiger partial charge in [0.25, 0.3) is 0 Å². The van der Waals surface area contributed by atoms with Crippen molar-refractivity contribution in [3.05, 3.63) is 58.7 Å². The Kier molecular flexibility index (Phi) is 6.01.